The van der Waals surface area contributed by atoms with Gasteiger partial charge >= 0.3 is 5.97 Å². The fourth-order valence-electron chi connectivity index (χ4n) is 12.3. The van der Waals surface area contributed by atoms with Gasteiger partial charge in [-0.25, -0.2) is 0 Å². The van der Waals surface area contributed by atoms with E-state index in [9.17, 15) is 15.0 Å². The highest BCUT2D eigenvalue weighted by Crippen LogP contribution is 2.78. The fraction of sp³-hybridized carbons (Fsp3) is 0.969. The SMILES string of the molecule is CC(=O)OC[C@]12CCC(C3(C)CO3)C1C1CCC3[C@@]4(C)CC[C@H](O)[C@@](C)(CO)C4CC[C@@]3(C)[C@]1(C)CC2. The zero-order chi connectivity index (χ0) is 26.6. The molecule has 5 nitrogen and oxygen atoms in total. The molecule has 0 radical (unpaired) electrons. The molecule has 2 N–H and O–H groups in total. The van der Waals surface area contributed by atoms with E-state index in [2.05, 4.69) is 34.6 Å². The Kier molecular flexibility index (Phi) is 5.88. The maximum Gasteiger partial charge on any atom is 0.302 e. The molecule has 6 fully saturated rings. The molecule has 6 unspecified atom stereocenters. The third-order valence-electron chi connectivity index (χ3n) is 14.7. The number of esters is 1. The van der Waals surface area contributed by atoms with Crippen molar-refractivity contribution >= 4 is 5.97 Å². The predicted octanol–water partition coefficient (Wildman–Crippen LogP) is 5.75. The van der Waals surface area contributed by atoms with Gasteiger partial charge in [0.25, 0.3) is 0 Å². The van der Waals surface area contributed by atoms with E-state index in [-0.39, 0.29) is 39.8 Å². The maximum absolute atomic E-state index is 11.9. The first kappa shape index (κ1) is 26.6. The number of carbonyl (C=O) groups excluding carboxylic acids is 1. The average molecular weight is 517 g/mol. The highest BCUT2D eigenvalue weighted by atomic mass is 16.6. The van der Waals surface area contributed by atoms with Crippen LogP contribution in [0.3, 0.4) is 0 Å². The Morgan fingerprint density at radius 1 is 0.865 bits per heavy atom. The van der Waals surface area contributed by atoms with Gasteiger partial charge in [-0.2, -0.15) is 0 Å². The van der Waals surface area contributed by atoms with E-state index in [0.29, 0.717) is 36.2 Å². The minimum absolute atomic E-state index is 0.00469. The van der Waals surface area contributed by atoms with E-state index in [4.69, 9.17) is 9.47 Å². The number of carbonyl (C=O) groups is 1. The molecule has 0 spiro atoms. The van der Waals surface area contributed by atoms with Crippen molar-refractivity contribution in [2.24, 2.45) is 56.7 Å². The molecular weight excluding hydrogens is 464 g/mol. The highest BCUT2D eigenvalue weighted by molar-refractivity contribution is 5.65. The van der Waals surface area contributed by atoms with Crippen LogP contribution in [0.2, 0.25) is 0 Å². The van der Waals surface area contributed by atoms with Gasteiger partial charge in [0.15, 0.2) is 0 Å². The molecule has 0 amide bonds. The van der Waals surface area contributed by atoms with Crippen molar-refractivity contribution in [3.63, 3.8) is 0 Å². The number of rotatable bonds is 4. The number of aliphatic hydroxyl groups excluding tert-OH is 2. The predicted molar refractivity (Wildman–Crippen MR) is 143 cm³/mol. The maximum atomic E-state index is 11.9. The number of hydrogen-bond donors (Lipinski definition) is 2. The number of fused-ring (bicyclic) bond motifs is 7. The molecule has 1 heterocycles. The molecule has 1 aliphatic heterocycles. The van der Waals surface area contributed by atoms with E-state index >= 15 is 0 Å². The van der Waals surface area contributed by atoms with Crippen molar-refractivity contribution in [2.45, 2.75) is 117 Å². The van der Waals surface area contributed by atoms with E-state index in [1.807, 2.05) is 0 Å². The lowest BCUT2D eigenvalue weighted by atomic mass is 9.32. The summed E-state index contributed by atoms with van der Waals surface area (Å²) >= 11 is 0. The number of aliphatic hydroxyl groups is 2. The third-order valence-corrected chi connectivity index (χ3v) is 14.7. The third kappa shape index (κ3) is 3.35. The summed E-state index contributed by atoms with van der Waals surface area (Å²) in [7, 11) is 0. The van der Waals surface area contributed by atoms with Crippen LogP contribution in [0.5, 0.6) is 0 Å². The molecule has 6 aliphatic rings. The molecule has 5 aliphatic carbocycles. The number of hydrogen-bond acceptors (Lipinski definition) is 5. The normalized spacial score (nSPS) is 58.5. The summed E-state index contributed by atoms with van der Waals surface area (Å²) in [6, 6.07) is 0. The Bertz CT molecular complexity index is 945. The minimum Gasteiger partial charge on any atom is -0.465 e. The van der Waals surface area contributed by atoms with Crippen molar-refractivity contribution in [1.82, 2.24) is 0 Å². The molecular formula is C32H52O5. The van der Waals surface area contributed by atoms with Crippen LogP contribution in [-0.2, 0) is 14.3 Å². The Hall–Kier alpha value is -0.650. The summed E-state index contributed by atoms with van der Waals surface area (Å²) in [4.78, 5) is 11.9. The lowest BCUT2D eigenvalue weighted by Gasteiger charge is -2.73. The molecule has 37 heavy (non-hydrogen) atoms. The van der Waals surface area contributed by atoms with Crippen molar-refractivity contribution < 1.29 is 24.5 Å². The molecule has 12 atom stereocenters. The molecule has 1 saturated heterocycles. The van der Waals surface area contributed by atoms with Gasteiger partial charge in [-0.15, -0.1) is 0 Å². The van der Waals surface area contributed by atoms with Crippen LogP contribution in [0.25, 0.3) is 0 Å². The number of ether oxygens (including phenoxy) is 2. The summed E-state index contributed by atoms with van der Waals surface area (Å²) in [5, 5.41) is 21.5. The van der Waals surface area contributed by atoms with Gasteiger partial charge in [-0.05, 0) is 117 Å². The van der Waals surface area contributed by atoms with Crippen molar-refractivity contribution in [1.29, 1.82) is 0 Å². The highest BCUT2D eigenvalue weighted by Gasteiger charge is 2.73. The second-order valence-electron chi connectivity index (χ2n) is 15.8. The minimum atomic E-state index is -0.401. The van der Waals surface area contributed by atoms with Crippen LogP contribution in [-0.4, -0.2) is 47.7 Å². The molecule has 0 aromatic rings. The Morgan fingerprint density at radius 3 is 2.24 bits per heavy atom. The van der Waals surface area contributed by atoms with Crippen LogP contribution in [0.1, 0.15) is 106 Å². The van der Waals surface area contributed by atoms with Gasteiger partial charge in [0.1, 0.15) is 0 Å². The van der Waals surface area contributed by atoms with Crippen LogP contribution in [0.15, 0.2) is 0 Å². The summed E-state index contributed by atoms with van der Waals surface area (Å²) in [5.41, 5.74) is 0.353. The first-order valence-corrected chi connectivity index (χ1v) is 15.4. The lowest BCUT2D eigenvalue weighted by molar-refractivity contribution is -0.257. The summed E-state index contributed by atoms with van der Waals surface area (Å²) in [6.45, 7) is 15.4. The summed E-state index contributed by atoms with van der Waals surface area (Å²) in [5.74, 6) is 2.58. The first-order valence-electron chi connectivity index (χ1n) is 15.4. The Morgan fingerprint density at radius 2 is 1.59 bits per heavy atom. The van der Waals surface area contributed by atoms with Gasteiger partial charge in [-0.3, -0.25) is 4.79 Å². The molecule has 0 bridgehead atoms. The largest absolute Gasteiger partial charge is 0.465 e. The Balaban J connectivity index is 1.37. The summed E-state index contributed by atoms with van der Waals surface area (Å²) in [6.07, 6.45) is 11.0. The van der Waals surface area contributed by atoms with E-state index in [1.54, 1.807) is 6.92 Å². The van der Waals surface area contributed by atoms with E-state index < -0.39 is 11.5 Å². The number of epoxide rings is 1. The second-order valence-corrected chi connectivity index (χ2v) is 15.8. The van der Waals surface area contributed by atoms with Crippen LogP contribution in [0.4, 0.5) is 0 Å². The van der Waals surface area contributed by atoms with Gasteiger partial charge in [0, 0.05) is 17.8 Å². The van der Waals surface area contributed by atoms with Crippen molar-refractivity contribution in [3.05, 3.63) is 0 Å². The smallest absolute Gasteiger partial charge is 0.302 e. The topological polar surface area (TPSA) is 79.3 Å². The zero-order valence-corrected chi connectivity index (χ0v) is 24.3. The monoisotopic (exact) mass is 516 g/mol. The van der Waals surface area contributed by atoms with Crippen LogP contribution < -0.4 is 0 Å². The van der Waals surface area contributed by atoms with Gasteiger partial charge in [-0.1, -0.05) is 27.7 Å². The molecule has 6 rings (SSSR count). The fourth-order valence-corrected chi connectivity index (χ4v) is 12.3. The lowest BCUT2D eigenvalue weighted by Crippen LogP contribution is -2.67. The summed E-state index contributed by atoms with van der Waals surface area (Å²) < 4.78 is 11.9. The zero-order valence-electron chi connectivity index (χ0n) is 24.3. The van der Waals surface area contributed by atoms with E-state index in [0.717, 1.165) is 38.7 Å². The molecule has 5 heteroatoms. The average Bonchev–Trinajstić information content (AvgIpc) is 3.47. The molecule has 210 valence electrons. The molecule has 0 aromatic carbocycles. The molecule has 0 aromatic heterocycles. The van der Waals surface area contributed by atoms with Crippen molar-refractivity contribution in [2.75, 3.05) is 19.8 Å². The molecule has 5 saturated carbocycles. The standard InChI is InChI=1S/C32H52O5/c1-20(34)36-19-32-14-9-22(31(6)18-37-31)26(32)21-7-8-24-27(2)12-11-25(35)28(3,17-33)23(27)10-13-30(24,5)29(21,4)15-16-32/h21-26,33,35H,7-19H2,1-6H3/t21?,22?,23?,24?,25-,26?,27-,28-,29+,30+,31?,32+/m0/s1. The van der Waals surface area contributed by atoms with Crippen LogP contribution >= 0.6 is 0 Å². The first-order chi connectivity index (χ1) is 17.3. The Labute approximate surface area is 224 Å². The van der Waals surface area contributed by atoms with E-state index in [1.165, 1.54) is 32.1 Å². The van der Waals surface area contributed by atoms with Crippen LogP contribution in [0, 0.1) is 56.7 Å². The second kappa shape index (κ2) is 8.19. The quantitative estimate of drug-likeness (QED) is 0.367. The van der Waals surface area contributed by atoms with Gasteiger partial charge < -0.3 is 19.7 Å². The van der Waals surface area contributed by atoms with Crippen molar-refractivity contribution in [3.8, 4) is 0 Å². The van der Waals surface area contributed by atoms with Gasteiger partial charge in [0.05, 0.1) is 31.5 Å². The van der Waals surface area contributed by atoms with Gasteiger partial charge in [0.2, 0.25) is 0 Å².